The van der Waals surface area contributed by atoms with Crippen LogP contribution in [0.15, 0.2) is 158 Å². The van der Waals surface area contributed by atoms with Crippen molar-refractivity contribution in [3.8, 4) is 56.2 Å². The maximum absolute atomic E-state index is 5.47. The Labute approximate surface area is 270 Å². The standard InChI is InChI=1S/C43H30N2Si/c1-46-41-36-22-8-6-15-30(36)24-25-38(41)40-42(46)39(44-43(45-40)37-23-11-16-29-14-5-7-21-35(29)37)34-20-10-19-33(27-34)32-18-9-17-31(26-32)28-12-3-2-4-13-28/h2-27,46H,1H3. The summed E-state index contributed by atoms with van der Waals surface area (Å²) >= 11 is 0. The molecule has 3 heteroatoms. The molecule has 0 amide bonds. The lowest BCUT2D eigenvalue weighted by Gasteiger charge is -2.15. The summed E-state index contributed by atoms with van der Waals surface area (Å²) in [5.41, 5.74) is 10.5. The number of aromatic nitrogens is 2. The van der Waals surface area contributed by atoms with Crippen LogP contribution in [0.3, 0.4) is 0 Å². The van der Waals surface area contributed by atoms with E-state index < -0.39 is 8.80 Å². The van der Waals surface area contributed by atoms with Gasteiger partial charge in [0.1, 0.15) is 8.80 Å². The van der Waals surface area contributed by atoms with Gasteiger partial charge in [0, 0.05) is 16.7 Å². The highest BCUT2D eigenvalue weighted by atomic mass is 28.3. The molecule has 1 aliphatic rings. The minimum Gasteiger partial charge on any atom is -0.228 e. The van der Waals surface area contributed by atoms with Gasteiger partial charge in [0.25, 0.3) is 0 Å². The fourth-order valence-electron chi connectivity index (χ4n) is 7.31. The summed E-state index contributed by atoms with van der Waals surface area (Å²) in [5, 5.41) is 7.82. The van der Waals surface area contributed by atoms with E-state index in [9.17, 15) is 0 Å². The lowest BCUT2D eigenvalue weighted by molar-refractivity contribution is 1.21. The lowest BCUT2D eigenvalue weighted by Crippen LogP contribution is -2.37. The van der Waals surface area contributed by atoms with Crippen molar-refractivity contribution in [2.75, 3.05) is 0 Å². The molecule has 2 nitrogen and oxygen atoms in total. The zero-order valence-corrected chi connectivity index (χ0v) is 26.6. The minimum absolute atomic E-state index is 0.782. The maximum atomic E-state index is 5.47. The van der Waals surface area contributed by atoms with Gasteiger partial charge in [-0.3, -0.25) is 0 Å². The van der Waals surface area contributed by atoms with Crippen LogP contribution in [0.25, 0.3) is 77.7 Å². The van der Waals surface area contributed by atoms with E-state index in [1.165, 1.54) is 59.7 Å². The Morgan fingerprint density at radius 1 is 0.391 bits per heavy atom. The number of hydrogen-bond donors (Lipinski definition) is 0. The van der Waals surface area contributed by atoms with Crippen molar-refractivity contribution >= 4 is 40.7 Å². The highest BCUT2D eigenvalue weighted by Gasteiger charge is 2.34. The zero-order valence-electron chi connectivity index (χ0n) is 25.5. The van der Waals surface area contributed by atoms with Crippen LogP contribution in [0.4, 0.5) is 0 Å². The number of rotatable bonds is 4. The molecular weight excluding hydrogens is 573 g/mol. The van der Waals surface area contributed by atoms with Gasteiger partial charge in [0.15, 0.2) is 5.82 Å². The van der Waals surface area contributed by atoms with E-state index in [0.29, 0.717) is 0 Å². The molecule has 9 rings (SSSR count). The zero-order chi connectivity index (χ0) is 30.6. The van der Waals surface area contributed by atoms with Gasteiger partial charge in [0.05, 0.1) is 11.4 Å². The quantitative estimate of drug-likeness (QED) is 0.188. The average molecular weight is 603 g/mol. The van der Waals surface area contributed by atoms with Crippen LogP contribution in [-0.2, 0) is 0 Å². The van der Waals surface area contributed by atoms with Crippen LogP contribution in [0.2, 0.25) is 6.55 Å². The minimum atomic E-state index is -1.63. The van der Waals surface area contributed by atoms with Gasteiger partial charge in [-0.15, -0.1) is 0 Å². The number of hydrogen-bond acceptors (Lipinski definition) is 2. The molecule has 2 heterocycles. The summed E-state index contributed by atoms with van der Waals surface area (Å²) in [7, 11) is -1.63. The van der Waals surface area contributed by atoms with Gasteiger partial charge < -0.3 is 0 Å². The number of fused-ring (bicyclic) bond motifs is 6. The summed E-state index contributed by atoms with van der Waals surface area (Å²) in [6.07, 6.45) is 0. The summed E-state index contributed by atoms with van der Waals surface area (Å²) in [5.74, 6) is 0.782. The average Bonchev–Trinajstić information content (AvgIpc) is 3.43. The van der Waals surface area contributed by atoms with Gasteiger partial charge >= 0.3 is 0 Å². The van der Waals surface area contributed by atoms with Crippen molar-refractivity contribution in [2.24, 2.45) is 0 Å². The smallest absolute Gasteiger partial charge is 0.161 e. The molecule has 1 unspecified atom stereocenters. The van der Waals surface area contributed by atoms with E-state index in [2.05, 4.69) is 164 Å². The second-order valence-electron chi connectivity index (χ2n) is 12.2. The summed E-state index contributed by atoms with van der Waals surface area (Å²) in [6, 6.07) is 56.7. The van der Waals surface area contributed by atoms with E-state index in [0.717, 1.165) is 28.3 Å². The largest absolute Gasteiger partial charge is 0.228 e. The topological polar surface area (TPSA) is 25.8 Å². The van der Waals surface area contributed by atoms with Gasteiger partial charge in [-0.25, -0.2) is 9.97 Å². The molecule has 0 spiro atoms. The molecule has 1 aliphatic heterocycles. The predicted octanol–water partition coefficient (Wildman–Crippen LogP) is 9.40. The van der Waals surface area contributed by atoms with E-state index in [-0.39, 0.29) is 0 Å². The van der Waals surface area contributed by atoms with Crippen molar-refractivity contribution in [1.82, 2.24) is 9.97 Å². The molecule has 0 radical (unpaired) electrons. The Kier molecular flexibility index (Phi) is 6.25. The van der Waals surface area contributed by atoms with Crippen LogP contribution in [-0.4, -0.2) is 18.8 Å². The maximum Gasteiger partial charge on any atom is 0.161 e. The molecule has 46 heavy (non-hydrogen) atoms. The molecule has 0 fully saturated rings. The van der Waals surface area contributed by atoms with Gasteiger partial charge in [-0.05, 0) is 66.3 Å². The molecular formula is C43H30N2Si. The van der Waals surface area contributed by atoms with Crippen molar-refractivity contribution in [1.29, 1.82) is 0 Å². The number of benzene rings is 7. The lowest BCUT2D eigenvalue weighted by atomic mass is 9.97. The molecule has 0 saturated carbocycles. The Hall–Kier alpha value is -5.64. The van der Waals surface area contributed by atoms with Gasteiger partial charge in [-0.2, -0.15) is 0 Å². The third-order valence-corrected chi connectivity index (χ3v) is 12.4. The van der Waals surface area contributed by atoms with Crippen molar-refractivity contribution < 1.29 is 0 Å². The summed E-state index contributed by atoms with van der Waals surface area (Å²) < 4.78 is 0. The molecule has 7 aromatic carbocycles. The highest BCUT2D eigenvalue weighted by Crippen LogP contribution is 2.35. The first-order valence-corrected chi connectivity index (χ1v) is 18.2. The van der Waals surface area contributed by atoms with Crippen molar-refractivity contribution in [2.45, 2.75) is 6.55 Å². The SMILES string of the molecule is C[SiH]1c2c(-c3cccc(-c4cccc(-c5ccccc5)c4)c3)nc(-c3cccc4ccccc34)nc2-c2ccc3ccccc3c21. The van der Waals surface area contributed by atoms with Crippen molar-refractivity contribution in [3.05, 3.63) is 158 Å². The van der Waals surface area contributed by atoms with Crippen LogP contribution in [0.5, 0.6) is 0 Å². The molecule has 1 aromatic heterocycles. The van der Waals surface area contributed by atoms with Gasteiger partial charge in [-0.1, -0.05) is 152 Å². The summed E-state index contributed by atoms with van der Waals surface area (Å²) in [6.45, 7) is 2.45. The van der Waals surface area contributed by atoms with Crippen LogP contribution in [0.1, 0.15) is 0 Å². The third-order valence-electron chi connectivity index (χ3n) is 9.51. The van der Waals surface area contributed by atoms with Crippen LogP contribution in [0, 0.1) is 0 Å². The molecule has 0 saturated heterocycles. The first-order valence-electron chi connectivity index (χ1n) is 15.9. The molecule has 1 atom stereocenters. The molecule has 0 bridgehead atoms. The predicted molar refractivity (Wildman–Crippen MR) is 197 cm³/mol. The van der Waals surface area contributed by atoms with E-state index in [1.54, 1.807) is 0 Å². The second-order valence-corrected chi connectivity index (χ2v) is 14.8. The van der Waals surface area contributed by atoms with E-state index >= 15 is 0 Å². The first kappa shape index (κ1) is 26.7. The Morgan fingerprint density at radius 3 is 1.72 bits per heavy atom. The van der Waals surface area contributed by atoms with E-state index in [1.807, 2.05) is 0 Å². The summed E-state index contributed by atoms with van der Waals surface area (Å²) in [4.78, 5) is 10.9. The Morgan fingerprint density at radius 2 is 0.935 bits per heavy atom. The molecule has 216 valence electrons. The molecule has 0 aliphatic carbocycles. The first-order chi connectivity index (χ1) is 22.7. The number of nitrogens with zero attached hydrogens (tertiary/aromatic N) is 2. The van der Waals surface area contributed by atoms with Crippen LogP contribution < -0.4 is 10.4 Å². The fraction of sp³-hybridized carbons (Fsp3) is 0.0233. The monoisotopic (exact) mass is 602 g/mol. The Bertz CT molecular complexity index is 2440. The van der Waals surface area contributed by atoms with E-state index in [4.69, 9.17) is 9.97 Å². The van der Waals surface area contributed by atoms with Crippen molar-refractivity contribution in [3.63, 3.8) is 0 Å². The Balaban J connectivity index is 1.27. The highest BCUT2D eigenvalue weighted by molar-refractivity contribution is 6.91. The molecule has 8 aromatic rings. The third kappa shape index (κ3) is 4.32. The van der Waals surface area contributed by atoms with Crippen LogP contribution >= 0.6 is 0 Å². The second kappa shape index (κ2) is 10.8. The normalized spacial score (nSPS) is 13.5. The fourth-order valence-corrected chi connectivity index (χ4v) is 10.3. The molecule has 0 N–H and O–H groups in total. The van der Waals surface area contributed by atoms with Gasteiger partial charge in [0.2, 0.25) is 0 Å².